The molecule has 19 heteroatoms. The molecular weight excluding hydrogens is 884 g/mol. The van der Waals surface area contributed by atoms with Crippen molar-refractivity contribution in [3.05, 3.63) is 77.4 Å². The van der Waals surface area contributed by atoms with Crippen molar-refractivity contribution in [3.63, 3.8) is 0 Å². The first-order valence-corrected chi connectivity index (χ1v) is 23.2. The third-order valence-corrected chi connectivity index (χ3v) is 13.6. The second-order valence-corrected chi connectivity index (χ2v) is 19.6. The van der Waals surface area contributed by atoms with Crippen LogP contribution in [-0.2, 0) is 66.4 Å². The van der Waals surface area contributed by atoms with Crippen LogP contribution in [0, 0.1) is 17.3 Å². The van der Waals surface area contributed by atoms with Crippen LogP contribution < -0.4 is 15.6 Å². The summed E-state index contributed by atoms with van der Waals surface area (Å²) in [5, 5.41) is 8.82. The predicted molar refractivity (Wildman–Crippen MR) is 248 cm³/mol. The minimum absolute atomic E-state index is 0.0191. The number of benzene rings is 1. The maximum absolute atomic E-state index is 14.7. The van der Waals surface area contributed by atoms with E-state index in [1.165, 1.54) is 27.7 Å². The zero-order chi connectivity index (χ0) is 49.4. The molecule has 1 unspecified atom stereocenters. The molecule has 1 aromatic carbocycles. The Kier molecular flexibility index (Phi) is 14.7. The summed E-state index contributed by atoms with van der Waals surface area (Å²) in [6, 6.07) is 4.37. The van der Waals surface area contributed by atoms with Gasteiger partial charge in [-0.15, -0.1) is 0 Å². The van der Waals surface area contributed by atoms with Crippen molar-refractivity contribution < 1.29 is 46.6 Å². The topological polar surface area (TPSA) is 164 Å². The lowest BCUT2D eigenvalue weighted by molar-refractivity contribution is -0.155. The Bertz CT molecular complexity index is 2460. The van der Waals surface area contributed by atoms with Crippen molar-refractivity contribution in [2.75, 3.05) is 45.3 Å². The summed E-state index contributed by atoms with van der Waals surface area (Å²) in [6.45, 7) is 12.5. The van der Waals surface area contributed by atoms with Gasteiger partial charge in [-0.2, -0.15) is 18.3 Å². The average molecular weight is 948 g/mol. The van der Waals surface area contributed by atoms with E-state index in [1.54, 1.807) is 42.1 Å². The fourth-order valence-electron chi connectivity index (χ4n) is 10.1. The van der Waals surface area contributed by atoms with Crippen molar-refractivity contribution in [1.82, 2.24) is 39.9 Å². The smallest absolute Gasteiger partial charge is 0.406 e. The Balaban J connectivity index is 1.28. The van der Waals surface area contributed by atoms with Gasteiger partial charge in [0.1, 0.15) is 24.7 Å². The Morgan fingerprint density at radius 2 is 1.88 bits per heavy atom. The first kappa shape index (κ1) is 49.9. The van der Waals surface area contributed by atoms with E-state index in [-0.39, 0.29) is 56.8 Å². The number of likely N-dealkylation sites (N-methyl/N-ethyl adjacent to an activating group) is 1. The lowest BCUT2D eigenvalue weighted by atomic mass is 9.83. The van der Waals surface area contributed by atoms with Crippen LogP contribution in [0.25, 0.3) is 17.3 Å². The number of halogens is 3. The molecule has 2 aromatic heterocycles. The quantitative estimate of drug-likeness (QED) is 0.201. The standard InChI is InChI=1S/C49H64F3N9O7/c1-10-40(62)59-19-16-32(25-59)45(64)56(7)41(29(2)3)44(63)54-38-22-31-13-11-14-33(21-31)58-20-17-39-36(26-58)34(23-48(5,6)28-68-47(66)37-15-12-18-61(55-37)46(38)65)43(60(39)27-49(50,51)52)35-24-53-57(8)42(35)30(4)67-9/h10-11,13-14,17,20-21,24,29-30,32,37-38,41,55H,1,12,15-16,18-19,22-23,25-28H2,2-9H3,(H,54,63)/t30-,32-,37-,38-,41?/m0/s1. The van der Waals surface area contributed by atoms with Crippen LogP contribution in [0.1, 0.15) is 88.1 Å². The van der Waals surface area contributed by atoms with Gasteiger partial charge in [-0.05, 0) is 73.9 Å². The number of hydrogen-bond acceptors (Lipinski definition) is 10. The highest BCUT2D eigenvalue weighted by atomic mass is 19.4. The molecule has 4 aliphatic heterocycles. The second-order valence-electron chi connectivity index (χ2n) is 19.6. The number of alkyl halides is 3. The minimum atomic E-state index is -4.58. The van der Waals surface area contributed by atoms with Gasteiger partial charge in [0.15, 0.2) is 0 Å². The predicted octanol–water partition coefficient (Wildman–Crippen LogP) is 5.32. The zero-order valence-corrected chi connectivity index (χ0v) is 40.2. The van der Waals surface area contributed by atoms with Crippen LogP contribution in [0.4, 0.5) is 18.9 Å². The van der Waals surface area contributed by atoms with Gasteiger partial charge in [-0.25, -0.2) is 5.43 Å². The number of nitrogens with zero attached hydrogens (tertiary/aromatic N) is 7. The number of anilines is 1. The number of fused-ring (bicyclic) bond motifs is 6. The van der Waals surface area contributed by atoms with E-state index < -0.39 is 66.1 Å². The molecule has 6 heterocycles. The van der Waals surface area contributed by atoms with E-state index in [1.807, 2.05) is 63.8 Å². The number of carbonyl (C=O) groups excluding carboxylic acids is 5. The Labute approximate surface area is 395 Å². The number of aryl methyl sites for hydroxylation is 1. The van der Waals surface area contributed by atoms with Gasteiger partial charge in [0, 0.05) is 87.9 Å². The maximum atomic E-state index is 14.7. The third kappa shape index (κ3) is 10.5. The number of ether oxygens (including phenoxy) is 2. The fraction of sp³-hybridized carbons (Fsp3) is 0.551. The zero-order valence-electron chi connectivity index (χ0n) is 40.2. The number of cyclic esters (lactones) is 1. The van der Waals surface area contributed by atoms with Crippen LogP contribution in [0.5, 0.6) is 0 Å². The summed E-state index contributed by atoms with van der Waals surface area (Å²) in [5.74, 6) is -3.09. The SMILES string of the molecule is C=CC(=O)N1CC[C@H](C(=O)N(C)C(C(=O)N[C@H]2Cc3cccc(c3)N3C=Cc4c(c(c(-c5cnn(C)c5[C@H](C)OC)n4CC(F)(F)F)CC(C)(C)COC(=O)[C@@H]4CCCN(N4)C2=O)C3)C(C)C)C1. The van der Waals surface area contributed by atoms with E-state index in [2.05, 4.69) is 22.4 Å². The number of amides is 4. The lowest BCUT2D eigenvalue weighted by Crippen LogP contribution is -2.62. The summed E-state index contributed by atoms with van der Waals surface area (Å²) in [4.78, 5) is 74.2. The summed E-state index contributed by atoms with van der Waals surface area (Å²) in [6.07, 6.45) is 2.62. The molecule has 0 spiro atoms. The van der Waals surface area contributed by atoms with Crippen LogP contribution >= 0.6 is 0 Å². The number of carbonyl (C=O) groups is 5. The highest BCUT2D eigenvalue weighted by Crippen LogP contribution is 2.43. The molecule has 7 rings (SSSR count). The number of rotatable bonds is 10. The number of hydrogen-bond donors (Lipinski definition) is 2. The van der Waals surface area contributed by atoms with Gasteiger partial charge < -0.3 is 34.1 Å². The first-order valence-electron chi connectivity index (χ1n) is 23.2. The molecule has 2 fully saturated rings. The first-order chi connectivity index (χ1) is 32.1. The van der Waals surface area contributed by atoms with Crippen molar-refractivity contribution in [2.45, 2.75) is 110 Å². The number of hydrazine groups is 1. The van der Waals surface area contributed by atoms with Gasteiger partial charge in [0.05, 0.1) is 36.2 Å². The van der Waals surface area contributed by atoms with Gasteiger partial charge in [0.25, 0.3) is 5.91 Å². The van der Waals surface area contributed by atoms with Gasteiger partial charge in [0.2, 0.25) is 17.7 Å². The largest absolute Gasteiger partial charge is 0.464 e. The molecule has 5 atom stereocenters. The fourth-order valence-corrected chi connectivity index (χ4v) is 10.1. The van der Waals surface area contributed by atoms with Gasteiger partial charge >= 0.3 is 12.1 Å². The molecule has 0 radical (unpaired) electrons. The molecule has 68 heavy (non-hydrogen) atoms. The second kappa shape index (κ2) is 19.9. The average Bonchev–Trinajstić information content (AvgIpc) is 4.02. The molecule has 368 valence electrons. The lowest BCUT2D eigenvalue weighted by Gasteiger charge is -2.37. The van der Waals surface area contributed by atoms with Crippen molar-refractivity contribution in [2.24, 2.45) is 24.3 Å². The Hall–Kier alpha value is -5.95. The van der Waals surface area contributed by atoms with Crippen molar-refractivity contribution >= 4 is 41.4 Å². The molecule has 6 bridgehead atoms. The molecule has 3 aromatic rings. The van der Waals surface area contributed by atoms with E-state index in [4.69, 9.17) is 9.47 Å². The highest BCUT2D eigenvalue weighted by Gasteiger charge is 2.41. The molecular formula is C49H64F3N9O7. The van der Waals surface area contributed by atoms with Crippen molar-refractivity contribution in [3.8, 4) is 11.3 Å². The number of likely N-dealkylation sites (tertiary alicyclic amines) is 1. The molecule has 2 N–H and O–H groups in total. The van der Waals surface area contributed by atoms with Crippen LogP contribution in [-0.4, -0.2) is 123 Å². The molecule has 0 saturated carbocycles. The number of nitrogens with one attached hydrogen (secondary N) is 2. The highest BCUT2D eigenvalue weighted by molar-refractivity contribution is 5.94. The van der Waals surface area contributed by atoms with Crippen LogP contribution in [0.2, 0.25) is 0 Å². The molecule has 2 saturated heterocycles. The molecule has 4 aliphatic rings. The third-order valence-electron chi connectivity index (χ3n) is 13.6. The molecule has 16 nitrogen and oxygen atoms in total. The van der Waals surface area contributed by atoms with Crippen LogP contribution in [0.15, 0.2) is 49.3 Å². The number of methoxy groups -OCH3 is 1. The van der Waals surface area contributed by atoms with Crippen molar-refractivity contribution in [1.29, 1.82) is 0 Å². The molecule has 0 aliphatic carbocycles. The van der Waals surface area contributed by atoms with Gasteiger partial charge in [-0.1, -0.05) is 46.4 Å². The minimum Gasteiger partial charge on any atom is -0.464 e. The summed E-state index contributed by atoms with van der Waals surface area (Å²) >= 11 is 0. The monoisotopic (exact) mass is 947 g/mol. The van der Waals surface area contributed by atoms with E-state index in [9.17, 15) is 37.1 Å². The normalized spacial score (nSPS) is 21.8. The maximum Gasteiger partial charge on any atom is 0.406 e. The molecule has 4 amide bonds. The Morgan fingerprint density at radius 1 is 1.13 bits per heavy atom. The van der Waals surface area contributed by atoms with E-state index in [0.717, 1.165) is 0 Å². The van der Waals surface area contributed by atoms with E-state index >= 15 is 0 Å². The van der Waals surface area contributed by atoms with Gasteiger partial charge in [-0.3, -0.25) is 33.7 Å². The number of esters is 1. The summed E-state index contributed by atoms with van der Waals surface area (Å²) in [5.41, 5.74) is 6.81. The summed E-state index contributed by atoms with van der Waals surface area (Å²) < 4.78 is 58.7. The summed E-state index contributed by atoms with van der Waals surface area (Å²) in [7, 11) is 4.82. The number of aromatic nitrogens is 3. The van der Waals surface area contributed by atoms with Crippen LogP contribution in [0.3, 0.4) is 0 Å². The van der Waals surface area contributed by atoms with E-state index in [0.29, 0.717) is 70.8 Å². The Morgan fingerprint density at radius 3 is 2.57 bits per heavy atom.